The molecule has 1 heterocycles. The third-order valence-electron chi connectivity index (χ3n) is 3.00. The molecule has 3 heteroatoms. The molecule has 3 rings (SSSR count). The van der Waals surface area contributed by atoms with Crippen LogP contribution in [0.5, 0.6) is 0 Å². The summed E-state index contributed by atoms with van der Waals surface area (Å²) in [6, 6.07) is 10.4. The average molecular weight is 216 g/mol. The molecule has 1 aliphatic carbocycles. The van der Waals surface area contributed by atoms with E-state index in [9.17, 15) is 0 Å². The molecule has 1 aliphatic heterocycles. The molecule has 0 saturated carbocycles. The van der Waals surface area contributed by atoms with Crippen LogP contribution in [0.1, 0.15) is 5.56 Å². The van der Waals surface area contributed by atoms with Crippen molar-refractivity contribution in [1.29, 1.82) is 0 Å². The van der Waals surface area contributed by atoms with E-state index in [-0.39, 0.29) is 4.75 Å². The van der Waals surface area contributed by atoms with Crippen LogP contribution in [-0.2, 0) is 4.75 Å². The van der Waals surface area contributed by atoms with Crippen LogP contribution < -0.4 is 11.5 Å². The van der Waals surface area contributed by atoms with E-state index < -0.39 is 0 Å². The summed E-state index contributed by atoms with van der Waals surface area (Å²) in [5.74, 6) is 0. The summed E-state index contributed by atoms with van der Waals surface area (Å²) >= 11 is 1.86. The second kappa shape index (κ2) is 2.83. The molecule has 0 radical (unpaired) electrons. The topological polar surface area (TPSA) is 52.0 Å². The zero-order chi connectivity index (χ0) is 10.5. The maximum Gasteiger partial charge on any atom is 0.0774 e. The SMILES string of the molecule is NC1=C(N)C2SC2(c2ccccc2)C=C1. The first kappa shape index (κ1) is 8.92. The molecule has 2 atom stereocenters. The smallest absolute Gasteiger partial charge is 0.0774 e. The van der Waals surface area contributed by atoms with Gasteiger partial charge in [-0.15, -0.1) is 11.8 Å². The quantitative estimate of drug-likeness (QED) is 0.702. The fraction of sp³-hybridized carbons (Fsp3) is 0.167. The minimum absolute atomic E-state index is 0.0637. The number of rotatable bonds is 1. The minimum Gasteiger partial charge on any atom is -0.399 e. The van der Waals surface area contributed by atoms with E-state index in [0.717, 1.165) is 11.4 Å². The summed E-state index contributed by atoms with van der Waals surface area (Å²) in [5, 5.41) is 0.338. The first-order chi connectivity index (χ1) is 7.24. The lowest BCUT2D eigenvalue weighted by Gasteiger charge is -2.16. The second-order valence-electron chi connectivity index (χ2n) is 3.90. The molecule has 1 aromatic rings. The Balaban J connectivity index is 2.03. The fourth-order valence-corrected chi connectivity index (χ4v) is 3.40. The number of hydrogen-bond donors (Lipinski definition) is 2. The van der Waals surface area contributed by atoms with E-state index in [0.29, 0.717) is 5.25 Å². The highest BCUT2D eigenvalue weighted by Gasteiger charge is 2.58. The van der Waals surface area contributed by atoms with Crippen molar-refractivity contribution in [2.45, 2.75) is 10.00 Å². The fourth-order valence-electron chi connectivity index (χ4n) is 2.06. The van der Waals surface area contributed by atoms with Gasteiger partial charge in [0.25, 0.3) is 0 Å². The van der Waals surface area contributed by atoms with Crippen molar-refractivity contribution in [2.24, 2.45) is 11.5 Å². The van der Waals surface area contributed by atoms with Crippen LogP contribution in [0, 0.1) is 0 Å². The van der Waals surface area contributed by atoms with Gasteiger partial charge < -0.3 is 11.5 Å². The molecule has 2 nitrogen and oxygen atoms in total. The van der Waals surface area contributed by atoms with Crippen molar-refractivity contribution in [2.75, 3.05) is 0 Å². The highest BCUT2D eigenvalue weighted by Crippen LogP contribution is 2.65. The Kier molecular flexibility index (Phi) is 1.68. The summed E-state index contributed by atoms with van der Waals surface area (Å²) in [5.41, 5.74) is 14.6. The minimum atomic E-state index is 0.0637. The molecule has 1 saturated heterocycles. The van der Waals surface area contributed by atoms with Gasteiger partial charge in [0.05, 0.1) is 15.7 Å². The Labute approximate surface area is 93.0 Å². The van der Waals surface area contributed by atoms with E-state index in [4.69, 9.17) is 11.5 Å². The third-order valence-corrected chi connectivity index (χ3v) is 4.60. The summed E-state index contributed by atoms with van der Waals surface area (Å²) in [6.07, 6.45) is 4.10. The lowest BCUT2D eigenvalue weighted by molar-refractivity contribution is 0.844. The van der Waals surface area contributed by atoms with Crippen LogP contribution in [-0.4, -0.2) is 5.25 Å². The van der Waals surface area contributed by atoms with Crippen molar-refractivity contribution < 1.29 is 0 Å². The summed E-state index contributed by atoms with van der Waals surface area (Å²) in [7, 11) is 0. The van der Waals surface area contributed by atoms with E-state index in [1.54, 1.807) is 0 Å². The molecule has 15 heavy (non-hydrogen) atoms. The van der Waals surface area contributed by atoms with Crippen LogP contribution >= 0.6 is 11.8 Å². The van der Waals surface area contributed by atoms with Gasteiger partial charge in [0.15, 0.2) is 0 Å². The molecule has 0 amide bonds. The van der Waals surface area contributed by atoms with E-state index in [2.05, 4.69) is 30.3 Å². The van der Waals surface area contributed by atoms with Crippen molar-refractivity contribution in [3.63, 3.8) is 0 Å². The van der Waals surface area contributed by atoms with Crippen LogP contribution in [0.15, 0.2) is 53.9 Å². The summed E-state index contributed by atoms with van der Waals surface area (Å²) < 4.78 is 0.0637. The molecule has 0 bridgehead atoms. The summed E-state index contributed by atoms with van der Waals surface area (Å²) in [6.45, 7) is 0. The third kappa shape index (κ3) is 1.13. The molecular weight excluding hydrogens is 204 g/mol. The molecular formula is C12H12N2S. The predicted octanol–water partition coefficient (Wildman–Crippen LogP) is 1.70. The monoisotopic (exact) mass is 216 g/mol. The number of fused-ring (bicyclic) bond motifs is 1. The molecule has 1 fully saturated rings. The molecule has 2 unspecified atom stereocenters. The van der Waals surface area contributed by atoms with Gasteiger partial charge >= 0.3 is 0 Å². The summed E-state index contributed by atoms with van der Waals surface area (Å²) in [4.78, 5) is 0. The van der Waals surface area contributed by atoms with E-state index >= 15 is 0 Å². The van der Waals surface area contributed by atoms with Crippen LogP contribution in [0.2, 0.25) is 0 Å². The Morgan fingerprint density at radius 3 is 2.60 bits per heavy atom. The zero-order valence-corrected chi connectivity index (χ0v) is 9.00. The highest BCUT2D eigenvalue weighted by atomic mass is 32.2. The van der Waals surface area contributed by atoms with Crippen molar-refractivity contribution in [3.8, 4) is 0 Å². The Bertz CT molecular complexity index is 464. The number of hydrogen-bond acceptors (Lipinski definition) is 3. The number of thioether (sulfide) groups is 1. The van der Waals surface area contributed by atoms with Crippen molar-refractivity contribution in [1.82, 2.24) is 0 Å². The van der Waals surface area contributed by atoms with Crippen LogP contribution in [0.3, 0.4) is 0 Å². The maximum absolute atomic E-state index is 5.97. The lowest BCUT2D eigenvalue weighted by atomic mass is 9.90. The molecule has 76 valence electrons. The van der Waals surface area contributed by atoms with E-state index in [1.807, 2.05) is 23.9 Å². The van der Waals surface area contributed by atoms with E-state index in [1.165, 1.54) is 5.56 Å². The Morgan fingerprint density at radius 1 is 1.13 bits per heavy atom. The Morgan fingerprint density at radius 2 is 1.87 bits per heavy atom. The molecule has 4 N–H and O–H groups in total. The number of nitrogens with two attached hydrogens (primary N) is 2. The maximum atomic E-state index is 5.97. The number of benzene rings is 1. The number of allylic oxidation sites excluding steroid dienone is 1. The molecule has 0 spiro atoms. The van der Waals surface area contributed by atoms with Gasteiger partial charge in [-0.05, 0) is 11.6 Å². The van der Waals surface area contributed by atoms with Gasteiger partial charge in [-0.3, -0.25) is 0 Å². The average Bonchev–Trinajstić information content (AvgIpc) is 3.02. The lowest BCUT2D eigenvalue weighted by Crippen LogP contribution is -2.22. The molecule has 2 aliphatic rings. The predicted molar refractivity (Wildman–Crippen MR) is 64.0 cm³/mol. The molecule has 0 aromatic heterocycles. The molecule has 1 aromatic carbocycles. The highest BCUT2D eigenvalue weighted by molar-refractivity contribution is 8.08. The zero-order valence-electron chi connectivity index (χ0n) is 8.18. The Hall–Kier alpha value is -1.35. The van der Waals surface area contributed by atoms with Crippen molar-refractivity contribution >= 4 is 11.8 Å². The first-order valence-corrected chi connectivity index (χ1v) is 5.80. The van der Waals surface area contributed by atoms with Crippen LogP contribution in [0.4, 0.5) is 0 Å². The largest absolute Gasteiger partial charge is 0.399 e. The van der Waals surface area contributed by atoms with Gasteiger partial charge in [0.2, 0.25) is 0 Å². The van der Waals surface area contributed by atoms with Gasteiger partial charge in [-0.2, -0.15) is 0 Å². The normalized spacial score (nSPS) is 32.7. The van der Waals surface area contributed by atoms with Gasteiger partial charge in [0.1, 0.15) is 0 Å². The van der Waals surface area contributed by atoms with Crippen molar-refractivity contribution in [3.05, 3.63) is 59.4 Å². The van der Waals surface area contributed by atoms with Gasteiger partial charge in [-0.1, -0.05) is 36.4 Å². The second-order valence-corrected chi connectivity index (χ2v) is 5.28. The standard InChI is InChI=1S/C12H12N2S/c13-9-6-7-12(11(15-12)10(9)14)8-4-2-1-3-5-8/h1-7,11H,13-14H2. The van der Waals surface area contributed by atoms with Gasteiger partial charge in [-0.25, -0.2) is 0 Å². The first-order valence-electron chi connectivity index (χ1n) is 4.92. The van der Waals surface area contributed by atoms with Gasteiger partial charge in [0, 0.05) is 5.70 Å². The van der Waals surface area contributed by atoms with Crippen LogP contribution in [0.25, 0.3) is 0 Å².